The first kappa shape index (κ1) is 13.5. The molecule has 1 rings (SSSR count). The number of hydrogen-bond acceptors (Lipinski definition) is 1. The molecule has 1 atom stereocenters. The van der Waals surface area contributed by atoms with E-state index in [1.165, 1.54) is 24.8 Å². The van der Waals surface area contributed by atoms with E-state index in [1.807, 2.05) is 12.1 Å². The zero-order chi connectivity index (χ0) is 11.8. The van der Waals surface area contributed by atoms with Crippen LogP contribution in [0, 0.1) is 5.92 Å². The van der Waals surface area contributed by atoms with Gasteiger partial charge in [0.25, 0.3) is 0 Å². The molecule has 0 radical (unpaired) electrons. The van der Waals surface area contributed by atoms with Gasteiger partial charge in [0.05, 0.1) is 0 Å². The van der Waals surface area contributed by atoms with E-state index in [0.717, 1.165) is 24.0 Å². The molecule has 0 spiro atoms. The lowest BCUT2D eigenvalue weighted by Crippen LogP contribution is -2.15. The van der Waals surface area contributed by atoms with Crippen LogP contribution in [-0.4, -0.2) is 6.54 Å². The van der Waals surface area contributed by atoms with E-state index in [9.17, 15) is 0 Å². The molecule has 0 saturated heterocycles. The highest BCUT2D eigenvalue weighted by Gasteiger charge is 1.98. The predicted molar refractivity (Wildman–Crippen MR) is 71.8 cm³/mol. The van der Waals surface area contributed by atoms with E-state index in [1.54, 1.807) is 0 Å². The molecule has 1 nitrogen and oxygen atoms in total. The maximum Gasteiger partial charge on any atom is 0.0406 e. The van der Waals surface area contributed by atoms with Gasteiger partial charge in [-0.25, -0.2) is 0 Å². The van der Waals surface area contributed by atoms with Gasteiger partial charge < -0.3 is 5.32 Å². The molecule has 0 aliphatic carbocycles. The Kier molecular flexibility index (Phi) is 6.51. The van der Waals surface area contributed by atoms with Crippen molar-refractivity contribution in [2.75, 3.05) is 6.54 Å². The van der Waals surface area contributed by atoms with Gasteiger partial charge in [-0.1, -0.05) is 44.0 Å². The molecule has 1 unspecified atom stereocenters. The summed E-state index contributed by atoms with van der Waals surface area (Å²) in [6.07, 6.45) is 3.88. The largest absolute Gasteiger partial charge is 0.313 e. The van der Waals surface area contributed by atoms with Crippen molar-refractivity contribution in [2.45, 2.75) is 39.7 Å². The summed E-state index contributed by atoms with van der Waals surface area (Å²) in [6.45, 7) is 6.62. The monoisotopic (exact) mass is 239 g/mol. The number of rotatable bonds is 7. The van der Waals surface area contributed by atoms with E-state index >= 15 is 0 Å². The molecule has 0 bridgehead atoms. The average Bonchev–Trinajstić information content (AvgIpc) is 2.31. The Morgan fingerprint density at radius 3 is 2.56 bits per heavy atom. The number of halogens is 1. The van der Waals surface area contributed by atoms with E-state index in [2.05, 4.69) is 31.3 Å². The third-order valence-corrected chi connectivity index (χ3v) is 3.24. The Morgan fingerprint density at radius 2 is 1.94 bits per heavy atom. The number of benzene rings is 1. The van der Waals surface area contributed by atoms with E-state index in [-0.39, 0.29) is 0 Å². The van der Waals surface area contributed by atoms with Gasteiger partial charge in [-0.15, -0.1) is 0 Å². The van der Waals surface area contributed by atoms with Crippen LogP contribution in [0.15, 0.2) is 24.3 Å². The fourth-order valence-corrected chi connectivity index (χ4v) is 1.74. The van der Waals surface area contributed by atoms with Crippen LogP contribution in [0.4, 0.5) is 0 Å². The lowest BCUT2D eigenvalue weighted by Gasteiger charge is -2.08. The van der Waals surface area contributed by atoms with Gasteiger partial charge in [-0.2, -0.15) is 0 Å². The first-order valence-corrected chi connectivity index (χ1v) is 6.55. The summed E-state index contributed by atoms with van der Waals surface area (Å²) in [5.41, 5.74) is 1.30. The molecule has 2 heteroatoms. The van der Waals surface area contributed by atoms with Crippen LogP contribution in [0.25, 0.3) is 0 Å². The SMILES string of the molecule is CCC(C)CCCNCc1ccc(Cl)cc1. The molecule has 1 N–H and O–H groups in total. The molecule has 16 heavy (non-hydrogen) atoms. The molecule has 1 aromatic rings. The van der Waals surface area contributed by atoms with Crippen LogP contribution in [0.2, 0.25) is 5.02 Å². The molecule has 0 heterocycles. The topological polar surface area (TPSA) is 12.0 Å². The summed E-state index contributed by atoms with van der Waals surface area (Å²) in [5.74, 6) is 0.859. The fourth-order valence-electron chi connectivity index (χ4n) is 1.61. The molecule has 0 aromatic heterocycles. The highest BCUT2D eigenvalue weighted by Crippen LogP contribution is 2.10. The summed E-state index contributed by atoms with van der Waals surface area (Å²) in [6, 6.07) is 8.03. The summed E-state index contributed by atoms with van der Waals surface area (Å²) >= 11 is 5.83. The normalized spacial score (nSPS) is 12.7. The van der Waals surface area contributed by atoms with Gasteiger partial charge in [-0.3, -0.25) is 0 Å². The third-order valence-electron chi connectivity index (χ3n) is 2.99. The Bertz CT molecular complexity index is 281. The quantitative estimate of drug-likeness (QED) is 0.702. The first-order chi connectivity index (χ1) is 7.72. The van der Waals surface area contributed by atoms with Crippen molar-refractivity contribution >= 4 is 11.6 Å². The average molecular weight is 240 g/mol. The van der Waals surface area contributed by atoms with Crippen molar-refractivity contribution in [3.05, 3.63) is 34.9 Å². The van der Waals surface area contributed by atoms with Crippen LogP contribution < -0.4 is 5.32 Å². The summed E-state index contributed by atoms with van der Waals surface area (Å²) in [5, 5.41) is 4.26. The standard InChI is InChI=1S/C14H22ClN/c1-3-12(2)5-4-10-16-11-13-6-8-14(15)9-7-13/h6-9,12,16H,3-5,10-11H2,1-2H3. The molecule has 90 valence electrons. The van der Waals surface area contributed by atoms with E-state index in [4.69, 9.17) is 11.6 Å². The van der Waals surface area contributed by atoms with Crippen molar-refractivity contribution in [1.29, 1.82) is 0 Å². The maximum atomic E-state index is 5.83. The molecule has 0 fully saturated rings. The molecule has 0 amide bonds. The first-order valence-electron chi connectivity index (χ1n) is 6.17. The maximum absolute atomic E-state index is 5.83. The van der Waals surface area contributed by atoms with Crippen LogP contribution in [0.5, 0.6) is 0 Å². The molecular formula is C14H22ClN. The third kappa shape index (κ3) is 5.53. The second-order valence-electron chi connectivity index (χ2n) is 4.46. The van der Waals surface area contributed by atoms with Gasteiger partial charge >= 0.3 is 0 Å². The molecule has 0 aliphatic rings. The zero-order valence-electron chi connectivity index (χ0n) is 10.3. The molecule has 1 aromatic carbocycles. The fraction of sp³-hybridized carbons (Fsp3) is 0.571. The molecule has 0 aliphatic heterocycles. The Morgan fingerprint density at radius 1 is 1.25 bits per heavy atom. The van der Waals surface area contributed by atoms with Crippen LogP contribution in [0.3, 0.4) is 0 Å². The minimum Gasteiger partial charge on any atom is -0.313 e. The predicted octanol–water partition coefficient (Wildman–Crippen LogP) is 4.26. The minimum atomic E-state index is 0.806. The highest BCUT2D eigenvalue weighted by molar-refractivity contribution is 6.30. The molecule has 0 saturated carbocycles. The smallest absolute Gasteiger partial charge is 0.0406 e. The van der Waals surface area contributed by atoms with Crippen molar-refractivity contribution in [2.24, 2.45) is 5.92 Å². The number of hydrogen-bond donors (Lipinski definition) is 1. The van der Waals surface area contributed by atoms with E-state index < -0.39 is 0 Å². The van der Waals surface area contributed by atoms with Crippen molar-refractivity contribution in [1.82, 2.24) is 5.32 Å². The summed E-state index contributed by atoms with van der Waals surface area (Å²) < 4.78 is 0. The van der Waals surface area contributed by atoms with Crippen LogP contribution in [0.1, 0.15) is 38.7 Å². The lowest BCUT2D eigenvalue weighted by molar-refractivity contribution is 0.480. The van der Waals surface area contributed by atoms with Crippen molar-refractivity contribution in [3.8, 4) is 0 Å². The van der Waals surface area contributed by atoms with E-state index in [0.29, 0.717) is 0 Å². The molecular weight excluding hydrogens is 218 g/mol. The van der Waals surface area contributed by atoms with Gasteiger partial charge in [0.1, 0.15) is 0 Å². The van der Waals surface area contributed by atoms with Gasteiger partial charge in [0.15, 0.2) is 0 Å². The zero-order valence-corrected chi connectivity index (χ0v) is 11.1. The van der Waals surface area contributed by atoms with Crippen molar-refractivity contribution < 1.29 is 0 Å². The Balaban J connectivity index is 2.09. The van der Waals surface area contributed by atoms with Crippen molar-refractivity contribution in [3.63, 3.8) is 0 Å². The second kappa shape index (κ2) is 7.70. The lowest BCUT2D eigenvalue weighted by atomic mass is 10.0. The van der Waals surface area contributed by atoms with Gasteiger partial charge in [0, 0.05) is 11.6 Å². The number of nitrogens with one attached hydrogen (secondary N) is 1. The van der Waals surface area contributed by atoms with Gasteiger partial charge in [0.2, 0.25) is 0 Å². The summed E-state index contributed by atoms with van der Waals surface area (Å²) in [4.78, 5) is 0. The Labute approximate surface area is 104 Å². The highest BCUT2D eigenvalue weighted by atomic mass is 35.5. The van der Waals surface area contributed by atoms with Crippen LogP contribution >= 0.6 is 11.6 Å². The summed E-state index contributed by atoms with van der Waals surface area (Å²) in [7, 11) is 0. The van der Waals surface area contributed by atoms with Gasteiger partial charge in [-0.05, 0) is 43.0 Å². The Hall–Kier alpha value is -0.530. The second-order valence-corrected chi connectivity index (χ2v) is 4.90. The van der Waals surface area contributed by atoms with Crippen LogP contribution in [-0.2, 0) is 6.54 Å². The minimum absolute atomic E-state index is 0.806.